The van der Waals surface area contributed by atoms with Gasteiger partial charge in [-0.25, -0.2) is 0 Å². The molecule has 0 spiro atoms. The molecule has 0 amide bonds. The van der Waals surface area contributed by atoms with E-state index >= 15 is 0 Å². The Labute approximate surface area is 97.2 Å². The van der Waals surface area contributed by atoms with Gasteiger partial charge in [0, 0.05) is 25.3 Å². The van der Waals surface area contributed by atoms with Gasteiger partial charge in [-0.15, -0.1) is 0 Å². The van der Waals surface area contributed by atoms with E-state index in [-0.39, 0.29) is 0 Å². The molecule has 1 atom stereocenters. The summed E-state index contributed by atoms with van der Waals surface area (Å²) in [6.45, 7) is 0.729. The molecule has 0 aromatic heterocycles. The Balaban J connectivity index is 2.09. The van der Waals surface area contributed by atoms with E-state index in [4.69, 9.17) is 10.5 Å². The van der Waals surface area contributed by atoms with E-state index in [1.165, 1.54) is 18.5 Å². The fourth-order valence-corrected chi connectivity index (χ4v) is 2.16. The molecule has 1 saturated carbocycles. The lowest BCUT2D eigenvalue weighted by atomic mass is 10.1. The lowest BCUT2D eigenvalue weighted by Crippen LogP contribution is -2.39. The van der Waals surface area contributed by atoms with Crippen LogP contribution >= 0.6 is 0 Å². The standard InChI is InChI=1S/C13H20N2O/c1-15(13(9-14)10-3-4-10)11-5-7-12(16-2)8-6-11/h5-8,10,13H,3-4,9,14H2,1-2H3. The maximum absolute atomic E-state index is 5.84. The van der Waals surface area contributed by atoms with Gasteiger partial charge in [0.2, 0.25) is 0 Å². The number of nitrogens with two attached hydrogens (primary N) is 1. The summed E-state index contributed by atoms with van der Waals surface area (Å²) < 4.78 is 5.15. The molecular weight excluding hydrogens is 200 g/mol. The Morgan fingerprint density at radius 3 is 2.44 bits per heavy atom. The van der Waals surface area contributed by atoms with E-state index in [1.54, 1.807) is 7.11 Å². The Morgan fingerprint density at radius 2 is 2.00 bits per heavy atom. The Kier molecular flexibility index (Phi) is 3.34. The summed E-state index contributed by atoms with van der Waals surface area (Å²) in [5.41, 5.74) is 7.05. The van der Waals surface area contributed by atoms with Crippen LogP contribution in [0.5, 0.6) is 5.75 Å². The van der Waals surface area contributed by atoms with Crippen LogP contribution in [0.2, 0.25) is 0 Å². The van der Waals surface area contributed by atoms with Crippen LogP contribution in [0, 0.1) is 5.92 Å². The molecular formula is C13H20N2O. The molecule has 0 aliphatic heterocycles. The van der Waals surface area contributed by atoms with Gasteiger partial charge >= 0.3 is 0 Å². The third kappa shape index (κ3) is 2.30. The average Bonchev–Trinajstić information content (AvgIpc) is 3.14. The van der Waals surface area contributed by atoms with Gasteiger partial charge in [0.05, 0.1) is 7.11 Å². The molecule has 1 aliphatic carbocycles. The Morgan fingerprint density at radius 1 is 1.38 bits per heavy atom. The van der Waals surface area contributed by atoms with Crippen LogP contribution in [0.4, 0.5) is 5.69 Å². The van der Waals surface area contributed by atoms with Crippen molar-refractivity contribution in [3.63, 3.8) is 0 Å². The minimum Gasteiger partial charge on any atom is -0.497 e. The molecule has 0 saturated heterocycles. The van der Waals surface area contributed by atoms with E-state index in [1.807, 2.05) is 12.1 Å². The normalized spacial score (nSPS) is 16.9. The molecule has 3 nitrogen and oxygen atoms in total. The van der Waals surface area contributed by atoms with Gasteiger partial charge in [0.25, 0.3) is 0 Å². The third-order valence-corrected chi connectivity index (χ3v) is 3.38. The maximum atomic E-state index is 5.84. The number of hydrogen-bond acceptors (Lipinski definition) is 3. The number of likely N-dealkylation sites (N-methyl/N-ethyl adjacent to an activating group) is 1. The number of hydrogen-bond donors (Lipinski definition) is 1. The highest BCUT2D eigenvalue weighted by atomic mass is 16.5. The Hall–Kier alpha value is -1.22. The summed E-state index contributed by atoms with van der Waals surface area (Å²) in [7, 11) is 3.81. The molecule has 16 heavy (non-hydrogen) atoms. The number of rotatable bonds is 5. The summed E-state index contributed by atoms with van der Waals surface area (Å²) in [6.07, 6.45) is 2.64. The van der Waals surface area contributed by atoms with E-state index in [2.05, 4.69) is 24.1 Å². The second-order valence-corrected chi connectivity index (χ2v) is 4.45. The van der Waals surface area contributed by atoms with E-state index in [0.717, 1.165) is 18.2 Å². The van der Waals surface area contributed by atoms with Crippen LogP contribution in [0.15, 0.2) is 24.3 Å². The summed E-state index contributed by atoms with van der Waals surface area (Å²) in [5, 5.41) is 0. The minimum absolute atomic E-state index is 0.480. The predicted octanol–water partition coefficient (Wildman–Crippen LogP) is 1.87. The molecule has 0 heterocycles. The lowest BCUT2D eigenvalue weighted by molar-refractivity contribution is 0.414. The van der Waals surface area contributed by atoms with Crippen molar-refractivity contribution in [2.24, 2.45) is 11.7 Å². The van der Waals surface area contributed by atoms with Crippen molar-refractivity contribution in [3.8, 4) is 5.75 Å². The van der Waals surface area contributed by atoms with Crippen molar-refractivity contribution in [1.82, 2.24) is 0 Å². The Bertz CT molecular complexity index is 332. The molecule has 1 aromatic rings. The smallest absolute Gasteiger partial charge is 0.119 e. The molecule has 0 radical (unpaired) electrons. The second-order valence-electron chi connectivity index (χ2n) is 4.45. The minimum atomic E-state index is 0.480. The zero-order chi connectivity index (χ0) is 11.5. The van der Waals surface area contributed by atoms with Crippen molar-refractivity contribution in [2.45, 2.75) is 18.9 Å². The lowest BCUT2D eigenvalue weighted by Gasteiger charge is -2.29. The van der Waals surface area contributed by atoms with Gasteiger partial charge in [-0.2, -0.15) is 0 Å². The fourth-order valence-electron chi connectivity index (χ4n) is 2.16. The van der Waals surface area contributed by atoms with Gasteiger partial charge in [-0.05, 0) is 43.0 Å². The first-order valence-electron chi connectivity index (χ1n) is 5.83. The average molecular weight is 220 g/mol. The van der Waals surface area contributed by atoms with Crippen LogP contribution < -0.4 is 15.4 Å². The molecule has 1 fully saturated rings. The highest BCUT2D eigenvalue weighted by molar-refractivity contribution is 5.49. The van der Waals surface area contributed by atoms with Crippen molar-refractivity contribution in [1.29, 1.82) is 0 Å². The first kappa shape index (κ1) is 11.3. The second kappa shape index (κ2) is 4.74. The van der Waals surface area contributed by atoms with E-state index in [0.29, 0.717) is 6.04 Å². The zero-order valence-corrected chi connectivity index (χ0v) is 10.0. The number of benzene rings is 1. The van der Waals surface area contributed by atoms with Crippen LogP contribution in [-0.4, -0.2) is 26.7 Å². The molecule has 88 valence electrons. The van der Waals surface area contributed by atoms with E-state index in [9.17, 15) is 0 Å². The van der Waals surface area contributed by atoms with Crippen LogP contribution in [0.1, 0.15) is 12.8 Å². The maximum Gasteiger partial charge on any atom is 0.119 e. The monoisotopic (exact) mass is 220 g/mol. The first-order chi connectivity index (χ1) is 7.76. The predicted molar refractivity (Wildman–Crippen MR) is 67.0 cm³/mol. The largest absolute Gasteiger partial charge is 0.497 e. The molecule has 1 unspecified atom stereocenters. The van der Waals surface area contributed by atoms with Crippen LogP contribution in [0.3, 0.4) is 0 Å². The van der Waals surface area contributed by atoms with Crippen molar-refractivity contribution < 1.29 is 4.74 Å². The van der Waals surface area contributed by atoms with Crippen molar-refractivity contribution in [2.75, 3.05) is 25.6 Å². The van der Waals surface area contributed by atoms with Crippen molar-refractivity contribution in [3.05, 3.63) is 24.3 Å². The summed E-state index contributed by atoms with van der Waals surface area (Å²) >= 11 is 0. The topological polar surface area (TPSA) is 38.5 Å². The molecule has 2 N–H and O–H groups in total. The highest BCUT2D eigenvalue weighted by Gasteiger charge is 2.32. The number of anilines is 1. The summed E-state index contributed by atoms with van der Waals surface area (Å²) in [5.74, 6) is 1.69. The van der Waals surface area contributed by atoms with Crippen LogP contribution in [-0.2, 0) is 0 Å². The number of ether oxygens (including phenoxy) is 1. The quantitative estimate of drug-likeness (QED) is 0.823. The van der Waals surface area contributed by atoms with Gasteiger partial charge in [0.1, 0.15) is 5.75 Å². The van der Waals surface area contributed by atoms with Crippen molar-refractivity contribution >= 4 is 5.69 Å². The van der Waals surface area contributed by atoms with Gasteiger partial charge in [0.15, 0.2) is 0 Å². The molecule has 3 heteroatoms. The molecule has 1 aliphatic rings. The number of methoxy groups -OCH3 is 1. The highest BCUT2D eigenvalue weighted by Crippen LogP contribution is 2.36. The van der Waals surface area contributed by atoms with Gasteiger partial charge in [-0.3, -0.25) is 0 Å². The fraction of sp³-hybridized carbons (Fsp3) is 0.538. The SMILES string of the molecule is COc1ccc(N(C)C(CN)C2CC2)cc1. The number of nitrogens with zero attached hydrogens (tertiary/aromatic N) is 1. The summed E-state index contributed by atoms with van der Waals surface area (Å²) in [6, 6.07) is 8.64. The molecule has 2 rings (SSSR count). The molecule has 1 aromatic carbocycles. The van der Waals surface area contributed by atoms with Crippen LogP contribution in [0.25, 0.3) is 0 Å². The van der Waals surface area contributed by atoms with Gasteiger partial charge in [-0.1, -0.05) is 0 Å². The summed E-state index contributed by atoms with van der Waals surface area (Å²) in [4.78, 5) is 2.29. The van der Waals surface area contributed by atoms with E-state index < -0.39 is 0 Å². The third-order valence-electron chi connectivity index (χ3n) is 3.38. The first-order valence-corrected chi connectivity index (χ1v) is 5.83. The van der Waals surface area contributed by atoms with Gasteiger partial charge < -0.3 is 15.4 Å². The zero-order valence-electron chi connectivity index (χ0n) is 10.0. The molecule has 0 bridgehead atoms.